The Kier molecular flexibility index (Phi) is 13.1. The molecule has 25 heavy (non-hydrogen) atoms. The summed E-state index contributed by atoms with van der Waals surface area (Å²) in [6.07, 6.45) is 9.50. The Balaban J connectivity index is 1.82. The molecule has 0 aliphatic heterocycles. The summed E-state index contributed by atoms with van der Waals surface area (Å²) in [6, 6.07) is 9.76. The van der Waals surface area contributed by atoms with Crippen LogP contribution in [-0.2, 0) is 20.9 Å². The minimum absolute atomic E-state index is 0.107. The number of hydrogen-bond donors (Lipinski definition) is 1. The van der Waals surface area contributed by atoms with Crippen molar-refractivity contribution in [3.63, 3.8) is 0 Å². The molecule has 0 atom stereocenters. The lowest BCUT2D eigenvalue weighted by atomic mass is 10.1. The van der Waals surface area contributed by atoms with Gasteiger partial charge in [0.05, 0.1) is 6.54 Å². The van der Waals surface area contributed by atoms with Crippen LogP contribution in [0, 0.1) is 0 Å². The first kappa shape index (κ1) is 21.1. The van der Waals surface area contributed by atoms with E-state index >= 15 is 0 Å². The normalized spacial score (nSPS) is 10.2. The van der Waals surface area contributed by atoms with E-state index < -0.39 is 0 Å². The molecule has 1 N–H and O–H groups in total. The van der Waals surface area contributed by atoms with Crippen LogP contribution in [-0.4, -0.2) is 31.7 Å². The third-order valence-corrected chi connectivity index (χ3v) is 3.92. The van der Waals surface area contributed by atoms with Crippen molar-refractivity contribution in [2.45, 2.75) is 58.0 Å². The summed E-state index contributed by atoms with van der Waals surface area (Å²) >= 11 is 0. The number of isocyanates is 1. The average molecular weight is 346 g/mol. The van der Waals surface area contributed by atoms with Crippen molar-refractivity contribution in [2.75, 3.05) is 19.6 Å². The number of carbonyl (C=O) groups is 1. The molecule has 138 valence electrons. The zero-order valence-corrected chi connectivity index (χ0v) is 15.0. The van der Waals surface area contributed by atoms with Gasteiger partial charge in [-0.15, -0.1) is 0 Å². The first-order valence-corrected chi connectivity index (χ1v) is 9.27. The van der Waals surface area contributed by atoms with Gasteiger partial charge in [0.15, 0.2) is 0 Å². The molecule has 0 aromatic heterocycles. The van der Waals surface area contributed by atoms with Crippen molar-refractivity contribution in [2.24, 2.45) is 4.99 Å². The molecule has 0 aliphatic carbocycles. The maximum absolute atomic E-state index is 11.7. The molecule has 0 saturated carbocycles. The topological polar surface area (TPSA) is 67.8 Å². The van der Waals surface area contributed by atoms with Crippen LogP contribution in [0.3, 0.4) is 0 Å². The summed E-state index contributed by atoms with van der Waals surface area (Å²) in [6.45, 7) is 2.95. The smallest absolute Gasteiger partial charge is 0.306 e. The van der Waals surface area contributed by atoms with Gasteiger partial charge in [-0.2, -0.15) is 0 Å². The third-order valence-electron chi connectivity index (χ3n) is 3.92. The van der Waals surface area contributed by atoms with E-state index in [1.807, 2.05) is 30.3 Å². The molecule has 0 radical (unpaired) electrons. The van der Waals surface area contributed by atoms with E-state index in [4.69, 9.17) is 4.74 Å². The third kappa shape index (κ3) is 13.0. The van der Waals surface area contributed by atoms with Gasteiger partial charge in [-0.3, -0.25) is 4.79 Å². The number of carbonyl (C=O) groups excluding carboxylic acids is 2. The summed E-state index contributed by atoms with van der Waals surface area (Å²) in [5.74, 6) is -0.107. The number of nitrogens with zero attached hydrogens (tertiary/aromatic N) is 1. The molecule has 0 bridgehead atoms. The van der Waals surface area contributed by atoms with Gasteiger partial charge < -0.3 is 10.1 Å². The molecule has 0 spiro atoms. The molecule has 5 heteroatoms. The van der Waals surface area contributed by atoms with Gasteiger partial charge in [0.25, 0.3) is 0 Å². The van der Waals surface area contributed by atoms with Gasteiger partial charge in [-0.25, -0.2) is 9.79 Å². The summed E-state index contributed by atoms with van der Waals surface area (Å²) < 4.78 is 5.26. The Morgan fingerprint density at radius 1 is 0.960 bits per heavy atom. The largest absolute Gasteiger partial charge is 0.461 e. The van der Waals surface area contributed by atoms with E-state index in [1.165, 1.54) is 6.42 Å². The molecular formula is C20H30N2O3. The summed E-state index contributed by atoms with van der Waals surface area (Å²) in [4.78, 5) is 25.1. The number of ether oxygens (including phenoxy) is 1. The first-order valence-electron chi connectivity index (χ1n) is 9.27. The van der Waals surface area contributed by atoms with Crippen molar-refractivity contribution in [1.29, 1.82) is 0 Å². The number of rotatable bonds is 15. The predicted octanol–water partition coefficient (Wildman–Crippen LogP) is 3.78. The lowest BCUT2D eigenvalue weighted by Gasteiger charge is -2.06. The van der Waals surface area contributed by atoms with Crippen molar-refractivity contribution in [3.05, 3.63) is 35.9 Å². The maximum atomic E-state index is 11.7. The van der Waals surface area contributed by atoms with E-state index in [9.17, 15) is 9.59 Å². The Bertz CT molecular complexity index is 499. The van der Waals surface area contributed by atoms with Gasteiger partial charge >= 0.3 is 5.97 Å². The van der Waals surface area contributed by atoms with Gasteiger partial charge in [0.1, 0.15) is 6.61 Å². The highest BCUT2D eigenvalue weighted by atomic mass is 16.5. The number of benzene rings is 1. The predicted molar refractivity (Wildman–Crippen MR) is 99.0 cm³/mol. The fourth-order valence-corrected chi connectivity index (χ4v) is 2.47. The first-order chi connectivity index (χ1) is 12.3. The molecule has 1 aromatic rings. The van der Waals surface area contributed by atoms with E-state index in [-0.39, 0.29) is 5.97 Å². The zero-order chi connectivity index (χ0) is 18.0. The quantitative estimate of drug-likeness (QED) is 0.227. The number of aliphatic imine (C=N–C) groups is 1. The highest BCUT2D eigenvalue weighted by Gasteiger charge is 2.03. The second-order valence-electron chi connectivity index (χ2n) is 6.09. The van der Waals surface area contributed by atoms with Crippen LogP contribution >= 0.6 is 0 Å². The highest BCUT2D eigenvalue weighted by molar-refractivity contribution is 5.69. The minimum Gasteiger partial charge on any atom is -0.461 e. The number of unbranched alkanes of at least 4 members (excludes halogenated alkanes) is 5. The van der Waals surface area contributed by atoms with Crippen LogP contribution in [0.25, 0.3) is 0 Å². The molecule has 0 heterocycles. The van der Waals surface area contributed by atoms with Gasteiger partial charge in [0.2, 0.25) is 6.08 Å². The fraction of sp³-hybridized carbons (Fsp3) is 0.600. The van der Waals surface area contributed by atoms with Crippen molar-refractivity contribution in [1.82, 2.24) is 5.32 Å². The second-order valence-corrected chi connectivity index (χ2v) is 6.09. The van der Waals surface area contributed by atoms with E-state index in [2.05, 4.69) is 10.3 Å². The number of nitrogens with one attached hydrogen (secondary N) is 1. The van der Waals surface area contributed by atoms with Crippen LogP contribution in [0.15, 0.2) is 35.3 Å². The molecule has 0 unspecified atom stereocenters. The molecule has 5 nitrogen and oxygen atoms in total. The van der Waals surface area contributed by atoms with E-state index in [0.29, 0.717) is 19.6 Å². The average Bonchev–Trinajstić information content (AvgIpc) is 2.64. The van der Waals surface area contributed by atoms with Crippen molar-refractivity contribution < 1.29 is 14.3 Å². The van der Waals surface area contributed by atoms with Gasteiger partial charge in [-0.1, -0.05) is 49.6 Å². The molecule has 1 aromatic carbocycles. The number of esters is 1. The van der Waals surface area contributed by atoms with Crippen molar-refractivity contribution in [3.8, 4) is 0 Å². The van der Waals surface area contributed by atoms with Crippen molar-refractivity contribution >= 4 is 12.0 Å². The Hall–Kier alpha value is -1.97. The zero-order valence-electron chi connectivity index (χ0n) is 15.0. The van der Waals surface area contributed by atoms with Crippen LogP contribution in [0.5, 0.6) is 0 Å². The van der Waals surface area contributed by atoms with Crippen LogP contribution < -0.4 is 5.32 Å². The minimum atomic E-state index is -0.107. The summed E-state index contributed by atoms with van der Waals surface area (Å²) in [5, 5.41) is 3.39. The molecule has 0 saturated heterocycles. The lowest BCUT2D eigenvalue weighted by Crippen LogP contribution is -2.16. The summed E-state index contributed by atoms with van der Waals surface area (Å²) in [7, 11) is 0. The fourth-order valence-electron chi connectivity index (χ4n) is 2.47. The Morgan fingerprint density at radius 3 is 2.40 bits per heavy atom. The molecule has 0 fully saturated rings. The maximum Gasteiger partial charge on any atom is 0.306 e. The second kappa shape index (κ2) is 15.6. The van der Waals surface area contributed by atoms with Crippen LogP contribution in [0.1, 0.15) is 56.9 Å². The number of hydrogen-bond acceptors (Lipinski definition) is 5. The molecule has 0 aliphatic rings. The van der Waals surface area contributed by atoms with E-state index in [0.717, 1.165) is 57.2 Å². The lowest BCUT2D eigenvalue weighted by molar-refractivity contribution is -0.145. The van der Waals surface area contributed by atoms with Gasteiger partial charge in [0, 0.05) is 6.42 Å². The monoisotopic (exact) mass is 346 g/mol. The van der Waals surface area contributed by atoms with Crippen LogP contribution in [0.4, 0.5) is 0 Å². The van der Waals surface area contributed by atoms with Gasteiger partial charge in [-0.05, 0) is 44.3 Å². The molecule has 1 rings (SSSR count). The SMILES string of the molecule is O=C=NCCCCNCCCCCCCC(=O)OCc1ccccc1. The highest BCUT2D eigenvalue weighted by Crippen LogP contribution is 2.07. The molecular weight excluding hydrogens is 316 g/mol. The van der Waals surface area contributed by atoms with Crippen LogP contribution in [0.2, 0.25) is 0 Å². The summed E-state index contributed by atoms with van der Waals surface area (Å²) in [5.41, 5.74) is 1.03. The standard InChI is InChI=1S/C20H30N2O3/c23-18-22-16-10-9-15-21-14-8-3-1-2-7-13-20(24)25-17-19-11-5-4-6-12-19/h4-6,11-12,21H,1-3,7-10,13-17H2. The molecule has 0 amide bonds. The Morgan fingerprint density at radius 2 is 1.64 bits per heavy atom. The Labute approximate surface area is 150 Å². The van der Waals surface area contributed by atoms with E-state index in [1.54, 1.807) is 6.08 Å².